The molecule has 3 aromatic rings. The fraction of sp³-hybridized carbons (Fsp3) is 0.0952. The molecule has 2 nitrogen and oxygen atoms in total. The zero-order valence-electron chi connectivity index (χ0n) is 14.0. The first-order valence-corrected chi connectivity index (χ1v) is 11.4. The number of nitrogens with zero attached hydrogens (tertiary/aromatic N) is 1. The topological polar surface area (TPSA) is 35.8 Å². The molecule has 0 aliphatic carbocycles. The minimum absolute atomic E-state index is 0.163. The third kappa shape index (κ3) is 4.23. The molecule has 1 atom stereocenters. The molecule has 1 N–H and O–H groups in total. The molecule has 0 aliphatic heterocycles. The van der Waals surface area contributed by atoms with Crippen LogP contribution in [0.5, 0.6) is 0 Å². The lowest BCUT2D eigenvalue weighted by Crippen LogP contribution is -2.30. The van der Waals surface area contributed by atoms with Crippen LogP contribution in [0.25, 0.3) is 0 Å². The van der Waals surface area contributed by atoms with Crippen molar-refractivity contribution >= 4 is 40.2 Å². The highest BCUT2D eigenvalue weighted by Crippen LogP contribution is 2.42. The van der Waals surface area contributed by atoms with Crippen LogP contribution in [-0.4, -0.2) is 0 Å². The monoisotopic (exact) mass is 396 g/mol. The highest BCUT2D eigenvalue weighted by atomic mass is 35.5. The van der Waals surface area contributed by atoms with Crippen molar-refractivity contribution in [3.8, 4) is 6.07 Å². The Bertz CT molecular complexity index is 894. The summed E-state index contributed by atoms with van der Waals surface area (Å²) < 4.78 is 0. The SMILES string of the molecule is N#CC[C@@H](NP(=S)(c1ccccc1)c1ccccc1)c1ccc(Cl)cc1. The number of hydrogen-bond acceptors (Lipinski definition) is 2. The lowest BCUT2D eigenvalue weighted by molar-refractivity contribution is 0.689. The molecule has 0 spiro atoms. The van der Waals surface area contributed by atoms with Gasteiger partial charge >= 0.3 is 0 Å². The second-order valence-corrected chi connectivity index (χ2v) is 10.5. The zero-order chi connectivity index (χ0) is 18.4. The standard InChI is InChI=1S/C21H18ClN2PS/c22-18-13-11-17(12-14-18)21(15-16-23)24-25(26,19-7-3-1-4-8-19)20-9-5-2-6-10-20/h1-14,21H,15H2,(H,24,26)/t21-/m1/s1. The van der Waals surface area contributed by atoms with E-state index < -0.39 is 6.19 Å². The Morgan fingerprint density at radius 3 is 1.85 bits per heavy atom. The highest BCUT2D eigenvalue weighted by molar-refractivity contribution is 8.20. The van der Waals surface area contributed by atoms with Crippen LogP contribution < -0.4 is 15.7 Å². The van der Waals surface area contributed by atoms with Gasteiger partial charge in [0.1, 0.15) is 0 Å². The highest BCUT2D eigenvalue weighted by Gasteiger charge is 2.26. The van der Waals surface area contributed by atoms with Gasteiger partial charge in [-0.2, -0.15) is 5.26 Å². The molecule has 3 aromatic carbocycles. The number of nitriles is 1. The van der Waals surface area contributed by atoms with E-state index in [0.29, 0.717) is 11.4 Å². The van der Waals surface area contributed by atoms with Gasteiger partial charge in [-0.05, 0) is 17.7 Å². The number of hydrogen-bond donors (Lipinski definition) is 1. The summed E-state index contributed by atoms with van der Waals surface area (Å²) in [7, 11) is 0. The predicted octanol–water partition coefficient (Wildman–Crippen LogP) is 4.93. The summed E-state index contributed by atoms with van der Waals surface area (Å²) >= 11 is 12.2. The normalized spacial score (nSPS) is 12.3. The summed E-state index contributed by atoms with van der Waals surface area (Å²) in [5.74, 6) is 0. The van der Waals surface area contributed by atoms with Crippen molar-refractivity contribution in [3.05, 3.63) is 95.5 Å². The van der Waals surface area contributed by atoms with E-state index in [1.807, 2.05) is 60.7 Å². The molecule has 0 saturated heterocycles. The molecule has 0 heterocycles. The van der Waals surface area contributed by atoms with E-state index in [-0.39, 0.29) is 6.04 Å². The average Bonchev–Trinajstić information content (AvgIpc) is 2.69. The van der Waals surface area contributed by atoms with Crippen molar-refractivity contribution in [2.75, 3.05) is 0 Å². The van der Waals surface area contributed by atoms with Gasteiger partial charge in [-0.3, -0.25) is 5.09 Å². The van der Waals surface area contributed by atoms with Crippen LogP contribution in [0.3, 0.4) is 0 Å². The largest absolute Gasteiger partial charge is 0.274 e. The fourth-order valence-electron chi connectivity index (χ4n) is 2.82. The van der Waals surface area contributed by atoms with Crippen LogP contribution in [0.4, 0.5) is 0 Å². The smallest absolute Gasteiger partial charge is 0.0689 e. The van der Waals surface area contributed by atoms with E-state index in [4.69, 9.17) is 23.4 Å². The molecule has 0 radical (unpaired) electrons. The summed E-state index contributed by atoms with van der Waals surface area (Å²) in [6, 6.07) is 29.9. The van der Waals surface area contributed by atoms with E-state index >= 15 is 0 Å². The van der Waals surface area contributed by atoms with Crippen molar-refractivity contribution in [2.24, 2.45) is 0 Å². The quantitative estimate of drug-likeness (QED) is 0.600. The minimum atomic E-state index is -2.29. The van der Waals surface area contributed by atoms with Crippen LogP contribution in [0.2, 0.25) is 5.02 Å². The van der Waals surface area contributed by atoms with Gasteiger partial charge in [0.05, 0.1) is 18.7 Å². The molecule has 0 aliphatic rings. The third-order valence-electron chi connectivity index (χ3n) is 4.15. The van der Waals surface area contributed by atoms with Crippen LogP contribution in [0.1, 0.15) is 18.0 Å². The van der Waals surface area contributed by atoms with E-state index in [0.717, 1.165) is 16.2 Å². The summed E-state index contributed by atoms with van der Waals surface area (Å²) in [6.45, 7) is 0. The number of benzene rings is 3. The lowest BCUT2D eigenvalue weighted by atomic mass is 10.1. The van der Waals surface area contributed by atoms with Gasteiger partial charge in [0, 0.05) is 21.7 Å². The van der Waals surface area contributed by atoms with Crippen LogP contribution >= 0.6 is 17.8 Å². The Morgan fingerprint density at radius 2 is 1.38 bits per heavy atom. The van der Waals surface area contributed by atoms with Crippen molar-refractivity contribution in [1.82, 2.24) is 5.09 Å². The van der Waals surface area contributed by atoms with Crippen LogP contribution in [0.15, 0.2) is 84.9 Å². The van der Waals surface area contributed by atoms with Gasteiger partial charge in [-0.15, -0.1) is 0 Å². The van der Waals surface area contributed by atoms with Crippen LogP contribution in [0, 0.1) is 11.3 Å². The lowest BCUT2D eigenvalue weighted by Gasteiger charge is -2.29. The first-order chi connectivity index (χ1) is 12.6. The summed E-state index contributed by atoms with van der Waals surface area (Å²) in [5, 5.41) is 15.9. The molecule has 0 unspecified atom stereocenters. The molecule has 130 valence electrons. The maximum atomic E-state index is 9.35. The first-order valence-electron chi connectivity index (χ1n) is 8.25. The van der Waals surface area contributed by atoms with Gasteiger partial charge in [0.2, 0.25) is 0 Å². The number of halogens is 1. The molecular formula is C21H18ClN2PS. The Morgan fingerprint density at radius 1 is 0.885 bits per heavy atom. The van der Waals surface area contributed by atoms with Gasteiger partial charge in [-0.1, -0.05) is 96.2 Å². The molecule has 0 amide bonds. The van der Waals surface area contributed by atoms with Gasteiger partial charge in [0.15, 0.2) is 0 Å². The molecule has 0 fully saturated rings. The average molecular weight is 397 g/mol. The Hall–Kier alpha value is -1.95. The van der Waals surface area contributed by atoms with Crippen molar-refractivity contribution in [1.29, 1.82) is 5.26 Å². The fourth-order valence-corrected chi connectivity index (χ4v) is 6.52. The second kappa shape index (κ2) is 8.62. The summed E-state index contributed by atoms with van der Waals surface area (Å²) in [6.07, 6.45) is -1.95. The maximum Gasteiger partial charge on any atom is 0.0689 e. The predicted molar refractivity (Wildman–Crippen MR) is 114 cm³/mol. The molecule has 5 heteroatoms. The van der Waals surface area contributed by atoms with Gasteiger partial charge < -0.3 is 0 Å². The van der Waals surface area contributed by atoms with Crippen molar-refractivity contribution < 1.29 is 0 Å². The van der Waals surface area contributed by atoms with Crippen molar-refractivity contribution in [3.63, 3.8) is 0 Å². The molecule has 0 saturated carbocycles. The molecule has 0 bridgehead atoms. The second-order valence-electron chi connectivity index (χ2n) is 5.88. The van der Waals surface area contributed by atoms with Gasteiger partial charge in [0.25, 0.3) is 0 Å². The van der Waals surface area contributed by atoms with Gasteiger partial charge in [-0.25, -0.2) is 0 Å². The molecule has 0 aromatic heterocycles. The third-order valence-corrected chi connectivity index (χ3v) is 8.70. The first kappa shape index (κ1) is 18.8. The van der Waals surface area contributed by atoms with Crippen molar-refractivity contribution in [2.45, 2.75) is 12.5 Å². The summed E-state index contributed by atoms with van der Waals surface area (Å²) in [4.78, 5) is 0. The Kier molecular flexibility index (Phi) is 6.25. The zero-order valence-corrected chi connectivity index (χ0v) is 16.5. The maximum absolute atomic E-state index is 9.35. The molecular weight excluding hydrogens is 379 g/mol. The van der Waals surface area contributed by atoms with E-state index in [9.17, 15) is 5.26 Å². The van der Waals surface area contributed by atoms with E-state index in [1.165, 1.54) is 0 Å². The molecule has 3 rings (SSSR count). The van der Waals surface area contributed by atoms with Crippen LogP contribution in [-0.2, 0) is 11.8 Å². The summed E-state index contributed by atoms with van der Waals surface area (Å²) in [5.41, 5.74) is 1.01. The molecule has 26 heavy (non-hydrogen) atoms. The Balaban J connectivity index is 2.06. The number of nitrogens with one attached hydrogen (secondary N) is 1. The number of rotatable bonds is 6. The minimum Gasteiger partial charge on any atom is -0.274 e. The Labute approximate surface area is 164 Å². The van der Waals surface area contributed by atoms with E-state index in [1.54, 1.807) is 0 Å². The van der Waals surface area contributed by atoms with E-state index in [2.05, 4.69) is 35.4 Å².